The first-order valence-corrected chi connectivity index (χ1v) is 6.96. The molecule has 4 heterocycles. The van der Waals surface area contributed by atoms with Crippen LogP contribution < -0.4 is 5.56 Å². The Hall–Kier alpha value is -3.49. The van der Waals surface area contributed by atoms with Gasteiger partial charge in [-0.1, -0.05) is 12.1 Å². The lowest BCUT2D eigenvalue weighted by atomic mass is 10.3. The highest BCUT2D eigenvalue weighted by molar-refractivity contribution is 5.83. The molecular formula is C14H10N8O. The van der Waals surface area contributed by atoms with Crippen LogP contribution in [0.3, 0.4) is 0 Å². The topological polar surface area (TPSA) is 110 Å². The second-order valence-corrected chi connectivity index (χ2v) is 5.24. The number of aromatic nitrogens is 8. The lowest BCUT2D eigenvalue weighted by Gasteiger charge is -1.97. The van der Waals surface area contributed by atoms with Gasteiger partial charge in [0.25, 0.3) is 5.56 Å². The molecule has 0 saturated carbocycles. The summed E-state index contributed by atoms with van der Waals surface area (Å²) in [5, 5.41) is 11.7. The second kappa shape index (κ2) is 4.03. The lowest BCUT2D eigenvalue weighted by Crippen LogP contribution is -2.11. The fourth-order valence-electron chi connectivity index (χ4n) is 2.78. The van der Waals surface area contributed by atoms with E-state index < -0.39 is 0 Å². The number of imidazole rings is 1. The van der Waals surface area contributed by atoms with E-state index in [-0.39, 0.29) is 5.56 Å². The molecule has 0 unspecified atom stereocenters. The van der Waals surface area contributed by atoms with Crippen molar-refractivity contribution >= 4 is 27.7 Å². The molecule has 0 bridgehead atoms. The van der Waals surface area contributed by atoms with Crippen molar-refractivity contribution < 1.29 is 0 Å². The first-order chi connectivity index (χ1) is 11.2. The molecule has 0 aliphatic rings. The summed E-state index contributed by atoms with van der Waals surface area (Å²) in [6.07, 6.45) is 1.50. The van der Waals surface area contributed by atoms with Crippen LogP contribution in [-0.2, 0) is 7.05 Å². The van der Waals surface area contributed by atoms with Crippen LogP contribution in [-0.4, -0.2) is 39.6 Å². The van der Waals surface area contributed by atoms with Crippen LogP contribution in [0.1, 0.15) is 0 Å². The van der Waals surface area contributed by atoms with Crippen molar-refractivity contribution in [2.24, 2.45) is 7.05 Å². The molecule has 9 nitrogen and oxygen atoms in total. The molecule has 0 radical (unpaired) electrons. The zero-order valence-corrected chi connectivity index (χ0v) is 12.0. The minimum atomic E-state index is -0.341. The quantitative estimate of drug-likeness (QED) is 0.477. The van der Waals surface area contributed by atoms with Crippen molar-refractivity contribution in [3.05, 3.63) is 40.8 Å². The Labute approximate surface area is 127 Å². The first-order valence-electron chi connectivity index (χ1n) is 6.96. The molecule has 112 valence electrons. The maximum absolute atomic E-state index is 12.2. The monoisotopic (exact) mass is 306 g/mol. The molecule has 0 atom stereocenters. The number of benzene rings is 1. The Morgan fingerprint density at radius 3 is 2.91 bits per heavy atom. The predicted molar refractivity (Wildman–Crippen MR) is 83.0 cm³/mol. The van der Waals surface area contributed by atoms with Gasteiger partial charge in [0.15, 0.2) is 22.8 Å². The van der Waals surface area contributed by atoms with Crippen molar-refractivity contribution in [1.29, 1.82) is 0 Å². The van der Waals surface area contributed by atoms with Gasteiger partial charge in [0.2, 0.25) is 0 Å². The average molecular weight is 306 g/mol. The minimum absolute atomic E-state index is 0.341. The zero-order valence-electron chi connectivity index (χ0n) is 12.0. The van der Waals surface area contributed by atoms with Crippen LogP contribution in [0.25, 0.3) is 39.2 Å². The van der Waals surface area contributed by atoms with Crippen molar-refractivity contribution in [3.63, 3.8) is 0 Å². The number of hydrogen-bond donors (Lipinski definition) is 2. The number of hydrogen-bond acceptors (Lipinski definition) is 5. The Morgan fingerprint density at radius 1 is 1.17 bits per heavy atom. The van der Waals surface area contributed by atoms with Crippen molar-refractivity contribution in [1.82, 2.24) is 39.6 Å². The normalized spacial score (nSPS) is 11.9. The highest BCUT2D eigenvalue weighted by Gasteiger charge is 2.18. The fourth-order valence-corrected chi connectivity index (χ4v) is 2.78. The van der Waals surface area contributed by atoms with E-state index in [9.17, 15) is 4.79 Å². The zero-order chi connectivity index (χ0) is 15.6. The van der Waals surface area contributed by atoms with Gasteiger partial charge in [-0.25, -0.2) is 14.7 Å². The van der Waals surface area contributed by atoms with E-state index in [0.717, 1.165) is 11.0 Å². The molecule has 0 saturated heterocycles. The van der Waals surface area contributed by atoms with E-state index in [1.54, 1.807) is 16.2 Å². The summed E-state index contributed by atoms with van der Waals surface area (Å²) >= 11 is 0. The number of rotatable bonds is 1. The van der Waals surface area contributed by atoms with Gasteiger partial charge in [-0.05, 0) is 12.1 Å². The second-order valence-electron chi connectivity index (χ2n) is 5.24. The van der Waals surface area contributed by atoms with Gasteiger partial charge in [-0.3, -0.25) is 9.48 Å². The van der Waals surface area contributed by atoms with E-state index >= 15 is 0 Å². The molecule has 1 aromatic carbocycles. The van der Waals surface area contributed by atoms with Gasteiger partial charge in [-0.2, -0.15) is 15.2 Å². The Bertz CT molecular complexity index is 1220. The summed E-state index contributed by atoms with van der Waals surface area (Å²) in [4.78, 5) is 24.0. The van der Waals surface area contributed by atoms with Gasteiger partial charge in [0.05, 0.1) is 17.2 Å². The van der Waals surface area contributed by atoms with Gasteiger partial charge in [-0.15, -0.1) is 0 Å². The first kappa shape index (κ1) is 12.1. The smallest absolute Gasteiger partial charge is 0.284 e. The summed E-state index contributed by atoms with van der Waals surface area (Å²) < 4.78 is 3.23. The van der Waals surface area contributed by atoms with Crippen LogP contribution in [0.2, 0.25) is 0 Å². The molecule has 0 aliphatic carbocycles. The highest BCUT2D eigenvalue weighted by atomic mass is 16.1. The van der Waals surface area contributed by atoms with E-state index in [1.165, 1.54) is 6.20 Å². The van der Waals surface area contributed by atoms with Gasteiger partial charge < -0.3 is 4.98 Å². The van der Waals surface area contributed by atoms with Crippen LogP contribution >= 0.6 is 0 Å². The van der Waals surface area contributed by atoms with E-state index in [1.807, 2.05) is 24.3 Å². The summed E-state index contributed by atoms with van der Waals surface area (Å²) in [5.74, 6) is 0.554. The fraction of sp³-hybridized carbons (Fsp3) is 0.0714. The van der Waals surface area contributed by atoms with Gasteiger partial charge in [0.1, 0.15) is 5.39 Å². The maximum Gasteiger partial charge on any atom is 0.284 e. The predicted octanol–water partition coefficient (Wildman–Crippen LogP) is 0.848. The van der Waals surface area contributed by atoms with Crippen molar-refractivity contribution in [2.45, 2.75) is 0 Å². The molecule has 4 aromatic heterocycles. The molecule has 2 N–H and O–H groups in total. The van der Waals surface area contributed by atoms with Crippen LogP contribution in [0.5, 0.6) is 0 Å². The molecule has 5 rings (SSSR count). The van der Waals surface area contributed by atoms with E-state index in [4.69, 9.17) is 0 Å². The number of aryl methyl sites for hydroxylation is 1. The number of fused-ring (bicyclic) bond motifs is 4. The summed E-state index contributed by atoms with van der Waals surface area (Å²) in [5.41, 5.74) is 2.88. The molecule has 0 aliphatic heterocycles. The SMILES string of the molecule is Cn1ncc2c(=O)nc3c(-c4nc5ccccc5[nH]4)n[nH]n3c21. The van der Waals surface area contributed by atoms with Gasteiger partial charge >= 0.3 is 0 Å². The molecule has 23 heavy (non-hydrogen) atoms. The minimum Gasteiger partial charge on any atom is -0.336 e. The Morgan fingerprint density at radius 2 is 2.04 bits per heavy atom. The van der Waals surface area contributed by atoms with E-state index in [2.05, 4.69) is 30.4 Å². The molecule has 5 aromatic rings. The lowest BCUT2D eigenvalue weighted by molar-refractivity contribution is 0.753. The molecule has 0 spiro atoms. The van der Waals surface area contributed by atoms with Crippen LogP contribution in [0.15, 0.2) is 35.3 Å². The molecule has 9 heteroatoms. The molecule has 0 amide bonds. The summed E-state index contributed by atoms with van der Waals surface area (Å²) in [7, 11) is 1.76. The third-order valence-electron chi connectivity index (χ3n) is 3.86. The van der Waals surface area contributed by atoms with Crippen molar-refractivity contribution in [3.8, 4) is 11.5 Å². The number of nitrogens with one attached hydrogen (secondary N) is 2. The molecular weight excluding hydrogens is 296 g/mol. The summed E-state index contributed by atoms with van der Waals surface area (Å²) in [6.45, 7) is 0. The molecule has 0 fully saturated rings. The highest BCUT2D eigenvalue weighted by Crippen LogP contribution is 2.22. The number of para-hydroxylation sites is 2. The standard InChI is InChI=1S/C14H10N8O/c1-21-14-7(6-15-21)13(23)18-12-10(19-20-22(12)14)11-16-8-4-2-3-5-9(8)17-11/h2-6,20H,1H3,(H,16,17). The third kappa shape index (κ3) is 1.53. The Kier molecular flexibility index (Phi) is 2.12. The number of H-pyrrole nitrogens is 2. The van der Waals surface area contributed by atoms with Crippen LogP contribution in [0, 0.1) is 0 Å². The van der Waals surface area contributed by atoms with Crippen molar-refractivity contribution in [2.75, 3.05) is 0 Å². The van der Waals surface area contributed by atoms with Gasteiger partial charge in [0, 0.05) is 7.05 Å². The Balaban J connectivity index is 1.89. The number of nitrogens with zero attached hydrogens (tertiary/aromatic N) is 6. The summed E-state index contributed by atoms with van der Waals surface area (Å²) in [6, 6.07) is 7.68. The average Bonchev–Trinajstić information content (AvgIpc) is 3.23. The third-order valence-corrected chi connectivity index (χ3v) is 3.86. The largest absolute Gasteiger partial charge is 0.336 e. The number of aromatic amines is 2. The van der Waals surface area contributed by atoms with E-state index in [0.29, 0.717) is 28.2 Å². The van der Waals surface area contributed by atoms with Crippen LogP contribution in [0.4, 0.5) is 0 Å². The maximum atomic E-state index is 12.2.